The lowest BCUT2D eigenvalue weighted by Crippen LogP contribution is -2.23. The van der Waals surface area contributed by atoms with Crippen LogP contribution in [0, 0.1) is 11.3 Å². The molecular weight excluding hydrogens is 202 g/mol. The molecule has 82 valence electrons. The molecule has 2 aliphatic rings. The minimum Gasteiger partial charge on any atom is -0.348 e. The minimum atomic E-state index is -0.657. The van der Waals surface area contributed by atoms with E-state index in [2.05, 4.69) is 5.32 Å². The Bertz CT molecular complexity index is 436. The Kier molecular flexibility index (Phi) is 1.90. The van der Waals surface area contributed by atoms with Crippen molar-refractivity contribution in [3.63, 3.8) is 0 Å². The van der Waals surface area contributed by atoms with Crippen LogP contribution in [0.2, 0.25) is 0 Å². The molecule has 1 aliphatic heterocycles. The second-order valence-corrected chi connectivity index (χ2v) is 4.67. The highest BCUT2D eigenvalue weighted by Gasteiger charge is 2.66. The topological polar surface area (TPSA) is 46.2 Å². The predicted molar refractivity (Wildman–Crippen MR) is 58.7 cm³/mol. The van der Waals surface area contributed by atoms with Crippen LogP contribution < -0.4 is 5.32 Å². The number of carbonyl (C=O) groups excluding carboxylic acids is 2. The van der Waals surface area contributed by atoms with E-state index in [1.54, 1.807) is 0 Å². The number of benzene rings is 1. The average molecular weight is 215 g/mol. The number of nitrogens with one attached hydrogen (secondary N) is 1. The Morgan fingerprint density at radius 1 is 1.25 bits per heavy atom. The van der Waals surface area contributed by atoms with E-state index in [1.165, 1.54) is 5.56 Å². The van der Waals surface area contributed by atoms with Crippen LogP contribution in [0.15, 0.2) is 30.3 Å². The minimum absolute atomic E-state index is 0.0570. The normalized spacial score (nSPS) is 31.9. The highest BCUT2D eigenvalue weighted by molar-refractivity contribution is 6.15. The maximum atomic E-state index is 11.7. The maximum absolute atomic E-state index is 11.7. The maximum Gasteiger partial charge on any atom is 0.234 e. The Morgan fingerprint density at radius 2 is 2.00 bits per heavy atom. The first-order valence-corrected chi connectivity index (χ1v) is 5.59. The van der Waals surface area contributed by atoms with Gasteiger partial charge in [0.25, 0.3) is 0 Å². The average Bonchev–Trinajstić information content (AvgIpc) is 2.95. The summed E-state index contributed by atoms with van der Waals surface area (Å²) in [5.41, 5.74) is 0.549. The summed E-state index contributed by atoms with van der Waals surface area (Å²) < 4.78 is 0. The molecule has 1 N–H and O–H groups in total. The molecule has 3 nitrogen and oxygen atoms in total. The lowest BCUT2D eigenvalue weighted by atomic mass is 9.97. The van der Waals surface area contributed by atoms with E-state index >= 15 is 0 Å². The quantitative estimate of drug-likeness (QED) is 0.746. The van der Waals surface area contributed by atoms with Gasteiger partial charge in [0, 0.05) is 0 Å². The molecule has 2 atom stereocenters. The molecule has 1 aromatic carbocycles. The van der Waals surface area contributed by atoms with Gasteiger partial charge in [0.1, 0.15) is 5.41 Å². The van der Waals surface area contributed by atoms with E-state index in [4.69, 9.17) is 0 Å². The molecule has 0 bridgehead atoms. The number of carbonyl (C=O) groups is 2. The van der Waals surface area contributed by atoms with E-state index in [0.29, 0.717) is 0 Å². The molecule has 3 rings (SSSR count). The van der Waals surface area contributed by atoms with Gasteiger partial charge in [-0.2, -0.15) is 0 Å². The zero-order chi connectivity index (χ0) is 11.2. The zero-order valence-corrected chi connectivity index (χ0v) is 8.90. The number of rotatable bonds is 2. The molecule has 2 fully saturated rings. The molecule has 16 heavy (non-hydrogen) atoms. The van der Waals surface area contributed by atoms with Gasteiger partial charge in [-0.05, 0) is 24.3 Å². The van der Waals surface area contributed by atoms with Crippen LogP contribution in [-0.2, 0) is 16.0 Å². The van der Waals surface area contributed by atoms with Crippen molar-refractivity contribution < 1.29 is 9.59 Å². The first-order chi connectivity index (χ1) is 7.73. The van der Waals surface area contributed by atoms with Gasteiger partial charge in [-0.15, -0.1) is 0 Å². The third-order valence-corrected chi connectivity index (χ3v) is 3.74. The zero-order valence-electron chi connectivity index (χ0n) is 8.90. The summed E-state index contributed by atoms with van der Waals surface area (Å²) in [5.74, 6) is 0.238. The fraction of sp³-hybridized carbons (Fsp3) is 0.385. The summed E-state index contributed by atoms with van der Waals surface area (Å²) >= 11 is 0. The van der Waals surface area contributed by atoms with Crippen LogP contribution in [0.1, 0.15) is 12.0 Å². The summed E-state index contributed by atoms with van der Waals surface area (Å²) in [6.45, 7) is 0.226. The van der Waals surface area contributed by atoms with Crippen LogP contribution in [0.3, 0.4) is 0 Å². The van der Waals surface area contributed by atoms with Crippen molar-refractivity contribution in [1.82, 2.24) is 5.32 Å². The third-order valence-electron chi connectivity index (χ3n) is 3.74. The molecule has 1 spiro atoms. The van der Waals surface area contributed by atoms with Gasteiger partial charge < -0.3 is 5.32 Å². The molecule has 1 aliphatic carbocycles. The Balaban J connectivity index is 1.77. The van der Waals surface area contributed by atoms with Crippen LogP contribution in [0.5, 0.6) is 0 Å². The summed E-state index contributed by atoms with van der Waals surface area (Å²) in [6, 6.07) is 10.0. The predicted octanol–water partition coefficient (Wildman–Crippen LogP) is 0.934. The molecule has 0 radical (unpaired) electrons. The van der Waals surface area contributed by atoms with E-state index in [1.807, 2.05) is 30.3 Å². The molecule has 1 saturated carbocycles. The van der Waals surface area contributed by atoms with Crippen LogP contribution >= 0.6 is 0 Å². The van der Waals surface area contributed by atoms with Crippen molar-refractivity contribution in [1.29, 1.82) is 0 Å². The molecule has 1 heterocycles. The summed E-state index contributed by atoms with van der Waals surface area (Å²) in [5, 5.41) is 2.65. The van der Waals surface area contributed by atoms with Gasteiger partial charge in [0.15, 0.2) is 5.78 Å². The molecule has 1 amide bonds. The van der Waals surface area contributed by atoms with Gasteiger partial charge in [-0.1, -0.05) is 30.3 Å². The lowest BCUT2D eigenvalue weighted by Gasteiger charge is -2.04. The molecule has 1 aromatic rings. The van der Waals surface area contributed by atoms with Crippen molar-refractivity contribution >= 4 is 11.7 Å². The Hall–Kier alpha value is -1.64. The number of hydrogen-bond acceptors (Lipinski definition) is 2. The summed E-state index contributed by atoms with van der Waals surface area (Å²) in [6.07, 6.45) is 1.56. The van der Waals surface area contributed by atoms with Gasteiger partial charge in [-0.25, -0.2) is 0 Å². The van der Waals surface area contributed by atoms with E-state index in [-0.39, 0.29) is 24.2 Å². The fourth-order valence-electron chi connectivity index (χ4n) is 2.70. The van der Waals surface area contributed by atoms with E-state index < -0.39 is 5.41 Å². The van der Waals surface area contributed by atoms with Gasteiger partial charge in [0.05, 0.1) is 6.54 Å². The van der Waals surface area contributed by atoms with Crippen LogP contribution in [-0.4, -0.2) is 18.2 Å². The Labute approximate surface area is 93.8 Å². The molecular formula is C13H13NO2. The SMILES string of the molecule is O=C1CNC(=O)C12CC2Cc1ccccc1. The molecule has 0 aromatic heterocycles. The number of Topliss-reactive ketones (excluding diaryl/α,β-unsaturated/α-hetero) is 1. The van der Waals surface area contributed by atoms with Gasteiger partial charge in [-0.3, -0.25) is 9.59 Å². The second-order valence-electron chi connectivity index (χ2n) is 4.67. The standard InChI is InChI=1S/C13H13NO2/c15-11-8-14-12(16)13(11)7-10(13)6-9-4-2-1-3-5-9/h1-5,10H,6-8H2,(H,14,16). The number of hydrogen-bond donors (Lipinski definition) is 1. The smallest absolute Gasteiger partial charge is 0.234 e. The third kappa shape index (κ3) is 1.21. The first-order valence-electron chi connectivity index (χ1n) is 5.59. The number of amides is 1. The molecule has 2 unspecified atom stereocenters. The highest BCUT2D eigenvalue weighted by atomic mass is 16.2. The molecule has 1 saturated heterocycles. The lowest BCUT2D eigenvalue weighted by molar-refractivity contribution is -0.129. The van der Waals surface area contributed by atoms with Crippen molar-refractivity contribution in [3.8, 4) is 0 Å². The van der Waals surface area contributed by atoms with E-state index in [9.17, 15) is 9.59 Å². The number of ketones is 1. The van der Waals surface area contributed by atoms with Crippen molar-refractivity contribution in [3.05, 3.63) is 35.9 Å². The Morgan fingerprint density at radius 3 is 2.62 bits per heavy atom. The van der Waals surface area contributed by atoms with Crippen molar-refractivity contribution in [2.75, 3.05) is 6.54 Å². The first kappa shape index (κ1) is 9.58. The van der Waals surface area contributed by atoms with Crippen molar-refractivity contribution in [2.45, 2.75) is 12.8 Å². The fourth-order valence-corrected chi connectivity index (χ4v) is 2.70. The van der Waals surface area contributed by atoms with Crippen LogP contribution in [0.4, 0.5) is 0 Å². The van der Waals surface area contributed by atoms with Gasteiger partial charge >= 0.3 is 0 Å². The summed E-state index contributed by atoms with van der Waals surface area (Å²) in [4.78, 5) is 23.3. The second kappa shape index (κ2) is 3.17. The summed E-state index contributed by atoms with van der Waals surface area (Å²) in [7, 11) is 0. The monoisotopic (exact) mass is 215 g/mol. The van der Waals surface area contributed by atoms with Gasteiger partial charge in [0.2, 0.25) is 5.91 Å². The van der Waals surface area contributed by atoms with E-state index in [0.717, 1.165) is 12.8 Å². The molecule has 3 heteroatoms. The van der Waals surface area contributed by atoms with Crippen LogP contribution in [0.25, 0.3) is 0 Å². The van der Waals surface area contributed by atoms with Crippen molar-refractivity contribution in [2.24, 2.45) is 11.3 Å². The largest absolute Gasteiger partial charge is 0.348 e. The highest BCUT2D eigenvalue weighted by Crippen LogP contribution is 2.56.